The van der Waals surface area contributed by atoms with Crippen molar-refractivity contribution in [2.75, 3.05) is 31.1 Å². The molecule has 0 unspecified atom stereocenters. The molecule has 4 aromatic rings. The minimum atomic E-state index is -4.66. The van der Waals surface area contributed by atoms with Crippen molar-refractivity contribution in [2.24, 2.45) is 0 Å². The van der Waals surface area contributed by atoms with Gasteiger partial charge in [0, 0.05) is 54.4 Å². The van der Waals surface area contributed by atoms with E-state index in [1.807, 2.05) is 18.2 Å². The number of benzene rings is 1. The van der Waals surface area contributed by atoms with E-state index >= 15 is 0 Å². The number of thiophene rings is 1. The highest BCUT2D eigenvalue weighted by Crippen LogP contribution is 2.38. The molecule has 1 aliphatic rings. The molecule has 0 bridgehead atoms. The summed E-state index contributed by atoms with van der Waals surface area (Å²) in [6.07, 6.45) is -2.91. The van der Waals surface area contributed by atoms with Gasteiger partial charge >= 0.3 is 6.18 Å². The maximum atomic E-state index is 14.2. The molecule has 1 fully saturated rings. The second-order valence-corrected chi connectivity index (χ2v) is 9.20. The topological polar surface area (TPSA) is 46.0 Å². The van der Waals surface area contributed by atoms with Crippen molar-refractivity contribution in [1.29, 1.82) is 0 Å². The van der Waals surface area contributed by atoms with Gasteiger partial charge in [0.15, 0.2) is 5.69 Å². The minimum Gasteiger partial charge on any atom is -0.354 e. The van der Waals surface area contributed by atoms with Crippen molar-refractivity contribution >= 4 is 17.2 Å². The van der Waals surface area contributed by atoms with Gasteiger partial charge in [-0.05, 0) is 36.4 Å². The molecule has 1 N–H and O–H groups in total. The normalized spacial score (nSPS) is 14.5. The van der Waals surface area contributed by atoms with Gasteiger partial charge in [-0.3, -0.25) is 4.68 Å². The lowest BCUT2D eigenvalue weighted by atomic mass is 10.2. The molecule has 1 aliphatic heterocycles. The molecular weight excluding hydrogens is 485 g/mol. The molecule has 5 rings (SSSR count). The lowest BCUT2D eigenvalue weighted by Crippen LogP contribution is -2.43. The van der Waals surface area contributed by atoms with E-state index in [0.717, 1.165) is 59.3 Å². The Labute approximate surface area is 201 Å². The van der Waals surface area contributed by atoms with Crippen LogP contribution in [0.1, 0.15) is 11.3 Å². The zero-order chi connectivity index (χ0) is 24.6. The van der Waals surface area contributed by atoms with Crippen LogP contribution < -0.4 is 10.2 Å². The largest absolute Gasteiger partial charge is 0.435 e. The van der Waals surface area contributed by atoms with Gasteiger partial charge in [0.1, 0.15) is 17.5 Å². The molecule has 3 aromatic heterocycles. The van der Waals surface area contributed by atoms with Gasteiger partial charge in [-0.15, -0.1) is 11.3 Å². The maximum absolute atomic E-state index is 14.2. The van der Waals surface area contributed by atoms with Crippen LogP contribution in [-0.2, 0) is 12.7 Å². The predicted molar refractivity (Wildman–Crippen MR) is 124 cm³/mol. The summed E-state index contributed by atoms with van der Waals surface area (Å²) < 4.78 is 68.8. The van der Waals surface area contributed by atoms with Crippen molar-refractivity contribution in [3.05, 3.63) is 77.6 Å². The molecule has 0 radical (unpaired) electrons. The van der Waals surface area contributed by atoms with E-state index in [9.17, 15) is 22.0 Å². The molecule has 5 nitrogen and oxygen atoms in total. The van der Waals surface area contributed by atoms with Crippen LogP contribution in [0, 0.1) is 11.6 Å². The Bertz CT molecular complexity index is 1320. The van der Waals surface area contributed by atoms with Gasteiger partial charge in [-0.1, -0.05) is 6.07 Å². The van der Waals surface area contributed by atoms with E-state index in [-0.39, 0.29) is 17.8 Å². The van der Waals surface area contributed by atoms with E-state index in [1.165, 1.54) is 17.4 Å². The number of nitrogens with zero attached hydrogens (tertiary/aromatic N) is 4. The van der Waals surface area contributed by atoms with Crippen LogP contribution >= 0.6 is 11.3 Å². The van der Waals surface area contributed by atoms with E-state index in [1.54, 1.807) is 12.3 Å². The molecule has 1 saturated heterocycles. The van der Waals surface area contributed by atoms with Gasteiger partial charge < -0.3 is 10.2 Å². The van der Waals surface area contributed by atoms with Crippen LogP contribution in [0.15, 0.2) is 54.7 Å². The quantitative estimate of drug-likeness (QED) is 0.368. The Morgan fingerprint density at radius 3 is 2.40 bits per heavy atom. The van der Waals surface area contributed by atoms with Gasteiger partial charge in [-0.25, -0.2) is 13.8 Å². The summed E-state index contributed by atoms with van der Waals surface area (Å²) in [5, 5.41) is 6.97. The Hall–Kier alpha value is -3.31. The van der Waals surface area contributed by atoms with Crippen molar-refractivity contribution in [3.8, 4) is 21.0 Å². The molecule has 0 spiro atoms. The fourth-order valence-electron chi connectivity index (χ4n) is 3.93. The van der Waals surface area contributed by atoms with Gasteiger partial charge in [0.25, 0.3) is 0 Å². The number of alkyl halides is 3. The average Bonchev–Trinajstić information content (AvgIpc) is 3.49. The number of anilines is 1. The van der Waals surface area contributed by atoms with E-state index < -0.39 is 23.5 Å². The van der Waals surface area contributed by atoms with Crippen LogP contribution in [-0.4, -0.2) is 40.9 Å². The molecule has 0 atom stereocenters. The van der Waals surface area contributed by atoms with Gasteiger partial charge in [0.05, 0.1) is 17.1 Å². The van der Waals surface area contributed by atoms with Crippen molar-refractivity contribution in [2.45, 2.75) is 12.7 Å². The Morgan fingerprint density at radius 1 is 0.943 bits per heavy atom. The molecule has 0 saturated carbocycles. The number of rotatable bonds is 5. The second-order valence-electron chi connectivity index (χ2n) is 8.11. The zero-order valence-corrected chi connectivity index (χ0v) is 19.1. The molecule has 11 heteroatoms. The molecular formula is C24H20F5N5S. The van der Waals surface area contributed by atoms with Gasteiger partial charge in [0.2, 0.25) is 0 Å². The third-order valence-electron chi connectivity index (χ3n) is 5.74. The molecule has 35 heavy (non-hydrogen) atoms. The Kier molecular flexibility index (Phi) is 6.28. The number of aromatic nitrogens is 3. The van der Waals surface area contributed by atoms with E-state index in [4.69, 9.17) is 0 Å². The maximum Gasteiger partial charge on any atom is 0.435 e. The van der Waals surface area contributed by atoms with Crippen molar-refractivity contribution in [1.82, 2.24) is 20.1 Å². The number of piperazine rings is 1. The van der Waals surface area contributed by atoms with E-state index in [0.29, 0.717) is 10.9 Å². The highest BCUT2D eigenvalue weighted by Gasteiger charge is 2.35. The lowest BCUT2D eigenvalue weighted by Gasteiger charge is -2.28. The van der Waals surface area contributed by atoms with Crippen LogP contribution in [0.25, 0.3) is 21.0 Å². The molecule has 1 aromatic carbocycles. The van der Waals surface area contributed by atoms with Crippen LogP contribution in [0.4, 0.5) is 27.8 Å². The first kappa shape index (κ1) is 23.4. The molecule has 4 heterocycles. The summed E-state index contributed by atoms with van der Waals surface area (Å²) in [6, 6.07) is 11.3. The first-order chi connectivity index (χ1) is 16.8. The number of pyridine rings is 1. The smallest absolute Gasteiger partial charge is 0.354 e. The number of hydrogen-bond donors (Lipinski definition) is 1. The van der Waals surface area contributed by atoms with E-state index in [2.05, 4.69) is 20.3 Å². The van der Waals surface area contributed by atoms with Crippen LogP contribution in [0.5, 0.6) is 0 Å². The highest BCUT2D eigenvalue weighted by molar-refractivity contribution is 7.18. The number of halogens is 5. The summed E-state index contributed by atoms with van der Waals surface area (Å²) in [5.74, 6) is -0.730. The fourth-order valence-corrected chi connectivity index (χ4v) is 4.95. The SMILES string of the molecule is Fc1ccc(Cn2nc(C(F)(F)F)cc2-c2ccc(-c3ccc(N4CCNCC4)nc3)s2)c(F)c1. The predicted octanol–water partition coefficient (Wildman–Crippen LogP) is 5.43. The third-order valence-corrected chi connectivity index (χ3v) is 6.89. The summed E-state index contributed by atoms with van der Waals surface area (Å²) in [5.41, 5.74) is -0.00418. The van der Waals surface area contributed by atoms with Crippen LogP contribution in [0.3, 0.4) is 0 Å². The second kappa shape index (κ2) is 9.38. The number of hydrogen-bond acceptors (Lipinski definition) is 5. The first-order valence-corrected chi connectivity index (χ1v) is 11.7. The number of nitrogens with one attached hydrogen (secondary N) is 1. The van der Waals surface area contributed by atoms with Gasteiger partial charge in [-0.2, -0.15) is 18.3 Å². The lowest BCUT2D eigenvalue weighted by molar-refractivity contribution is -0.141. The molecule has 182 valence electrons. The average molecular weight is 506 g/mol. The Balaban J connectivity index is 1.45. The highest BCUT2D eigenvalue weighted by atomic mass is 32.1. The summed E-state index contributed by atoms with van der Waals surface area (Å²) in [7, 11) is 0. The monoisotopic (exact) mass is 505 g/mol. The third kappa shape index (κ3) is 5.06. The van der Waals surface area contributed by atoms with Crippen molar-refractivity contribution in [3.63, 3.8) is 0 Å². The van der Waals surface area contributed by atoms with Crippen molar-refractivity contribution < 1.29 is 22.0 Å². The fraction of sp³-hybridized carbons (Fsp3) is 0.250. The van der Waals surface area contributed by atoms with Crippen LogP contribution in [0.2, 0.25) is 0 Å². The summed E-state index contributed by atoms with van der Waals surface area (Å²) in [4.78, 5) is 8.11. The zero-order valence-electron chi connectivity index (χ0n) is 18.3. The summed E-state index contributed by atoms with van der Waals surface area (Å²) >= 11 is 1.29. The first-order valence-electron chi connectivity index (χ1n) is 10.9. The molecule has 0 amide bonds. The molecule has 0 aliphatic carbocycles. The Morgan fingerprint density at radius 2 is 1.71 bits per heavy atom. The minimum absolute atomic E-state index is 0.0361. The summed E-state index contributed by atoms with van der Waals surface area (Å²) in [6.45, 7) is 3.26. The standard InChI is InChI=1S/C24H20F5N5S/c25-17-3-1-16(18(26)11-17)14-34-19(12-22(32-34)24(27,28)29)21-5-4-20(35-21)15-2-6-23(31-13-15)33-9-7-30-8-10-33/h1-6,11-13,30H,7-10,14H2.